The molecule has 2 rings (SSSR count). The van der Waals surface area contributed by atoms with Crippen molar-refractivity contribution in [3.63, 3.8) is 0 Å². The van der Waals surface area contributed by atoms with E-state index in [9.17, 15) is 26.7 Å². The summed E-state index contributed by atoms with van der Waals surface area (Å²) in [5, 5.41) is 1.93. The predicted molar refractivity (Wildman–Crippen MR) is 65.8 cm³/mol. The average Bonchev–Trinajstić information content (AvgIpc) is 2.40. The number of benzene rings is 2. The van der Waals surface area contributed by atoms with Gasteiger partial charge in [-0.25, -0.2) is 8.78 Å². The molecule has 7 heteroatoms. The fourth-order valence-electron chi connectivity index (χ4n) is 1.63. The van der Waals surface area contributed by atoms with Gasteiger partial charge in [-0.15, -0.1) is 0 Å². The van der Waals surface area contributed by atoms with Crippen LogP contribution in [0.3, 0.4) is 0 Å². The second-order valence-electron chi connectivity index (χ2n) is 4.13. The zero-order chi connectivity index (χ0) is 15.6. The van der Waals surface area contributed by atoms with Gasteiger partial charge in [-0.3, -0.25) is 4.79 Å². The number of rotatable bonds is 2. The molecule has 2 aromatic rings. The van der Waals surface area contributed by atoms with Crippen LogP contribution >= 0.6 is 0 Å². The SMILES string of the molecule is O=C(Nc1cc(C(F)(F)F)ccc1F)c1ccccc1F. The van der Waals surface area contributed by atoms with E-state index in [1.54, 1.807) is 0 Å². The van der Waals surface area contributed by atoms with E-state index in [2.05, 4.69) is 0 Å². The normalized spacial score (nSPS) is 11.3. The van der Waals surface area contributed by atoms with Gasteiger partial charge in [0, 0.05) is 0 Å². The molecule has 0 fully saturated rings. The van der Waals surface area contributed by atoms with Gasteiger partial charge in [0.1, 0.15) is 11.6 Å². The van der Waals surface area contributed by atoms with E-state index in [1.807, 2.05) is 5.32 Å². The molecule has 2 aromatic carbocycles. The van der Waals surface area contributed by atoms with Gasteiger partial charge in [-0.05, 0) is 30.3 Å². The molecule has 0 unspecified atom stereocenters. The monoisotopic (exact) mass is 301 g/mol. The molecule has 0 saturated carbocycles. The van der Waals surface area contributed by atoms with Crippen LogP contribution in [-0.2, 0) is 6.18 Å². The number of nitrogens with one attached hydrogen (secondary N) is 1. The number of amides is 1. The number of hydrogen-bond acceptors (Lipinski definition) is 1. The number of anilines is 1. The maximum atomic E-state index is 13.5. The van der Waals surface area contributed by atoms with Crippen molar-refractivity contribution in [2.75, 3.05) is 5.32 Å². The highest BCUT2D eigenvalue weighted by molar-refractivity contribution is 6.04. The predicted octanol–water partition coefficient (Wildman–Crippen LogP) is 4.24. The molecule has 0 bridgehead atoms. The molecule has 0 heterocycles. The summed E-state index contributed by atoms with van der Waals surface area (Å²) in [7, 11) is 0. The van der Waals surface area contributed by atoms with Gasteiger partial charge in [0.2, 0.25) is 0 Å². The molecule has 1 amide bonds. The van der Waals surface area contributed by atoms with Gasteiger partial charge >= 0.3 is 6.18 Å². The number of halogens is 5. The summed E-state index contributed by atoms with van der Waals surface area (Å²) >= 11 is 0. The Bertz CT molecular complexity index is 681. The number of carbonyl (C=O) groups is 1. The largest absolute Gasteiger partial charge is 0.416 e. The van der Waals surface area contributed by atoms with Gasteiger partial charge in [-0.2, -0.15) is 13.2 Å². The van der Waals surface area contributed by atoms with Crippen molar-refractivity contribution in [3.05, 3.63) is 65.2 Å². The quantitative estimate of drug-likeness (QED) is 0.826. The Morgan fingerprint density at radius 2 is 1.62 bits per heavy atom. The first-order valence-corrected chi connectivity index (χ1v) is 5.71. The van der Waals surface area contributed by atoms with Crippen molar-refractivity contribution in [3.8, 4) is 0 Å². The second kappa shape index (κ2) is 5.51. The molecule has 21 heavy (non-hydrogen) atoms. The number of carbonyl (C=O) groups excluding carboxylic acids is 1. The van der Waals surface area contributed by atoms with Crippen LogP contribution < -0.4 is 5.32 Å². The van der Waals surface area contributed by atoms with Crippen LogP contribution in [0.15, 0.2) is 42.5 Å². The van der Waals surface area contributed by atoms with Gasteiger partial charge < -0.3 is 5.32 Å². The van der Waals surface area contributed by atoms with Crippen LogP contribution in [0.2, 0.25) is 0 Å². The molecule has 2 nitrogen and oxygen atoms in total. The summed E-state index contributed by atoms with van der Waals surface area (Å²) < 4.78 is 64.4. The summed E-state index contributed by atoms with van der Waals surface area (Å²) in [5.41, 5.74) is -2.18. The van der Waals surface area contributed by atoms with Crippen LogP contribution in [0.25, 0.3) is 0 Å². The zero-order valence-electron chi connectivity index (χ0n) is 10.3. The molecule has 0 saturated heterocycles. The van der Waals surface area contributed by atoms with Gasteiger partial charge in [-0.1, -0.05) is 12.1 Å². The van der Waals surface area contributed by atoms with Crippen molar-refractivity contribution in [2.45, 2.75) is 6.18 Å². The van der Waals surface area contributed by atoms with E-state index in [4.69, 9.17) is 0 Å². The minimum absolute atomic E-state index is 0.394. The molecule has 1 N–H and O–H groups in total. The molecule has 0 aliphatic carbocycles. The lowest BCUT2D eigenvalue weighted by molar-refractivity contribution is -0.137. The van der Waals surface area contributed by atoms with Crippen molar-refractivity contribution in [2.24, 2.45) is 0 Å². The Morgan fingerprint density at radius 1 is 0.952 bits per heavy atom. The topological polar surface area (TPSA) is 29.1 Å². The lowest BCUT2D eigenvalue weighted by Gasteiger charge is -2.11. The Hall–Kier alpha value is -2.44. The lowest BCUT2D eigenvalue weighted by Crippen LogP contribution is -2.15. The smallest absolute Gasteiger partial charge is 0.319 e. The number of alkyl halides is 3. The van der Waals surface area contributed by atoms with E-state index in [-0.39, 0.29) is 0 Å². The molecule has 110 valence electrons. The maximum absolute atomic E-state index is 13.5. The fourth-order valence-corrected chi connectivity index (χ4v) is 1.63. The van der Waals surface area contributed by atoms with E-state index >= 15 is 0 Å². The summed E-state index contributed by atoms with van der Waals surface area (Å²) in [6.07, 6.45) is -4.68. The Morgan fingerprint density at radius 3 is 2.24 bits per heavy atom. The van der Waals surface area contributed by atoms with Gasteiger partial charge in [0.25, 0.3) is 5.91 Å². The van der Waals surface area contributed by atoms with Crippen LogP contribution in [0.1, 0.15) is 15.9 Å². The Kier molecular flexibility index (Phi) is 3.93. The highest BCUT2D eigenvalue weighted by Gasteiger charge is 2.31. The molecule has 0 radical (unpaired) electrons. The summed E-state index contributed by atoms with van der Waals surface area (Å²) in [6, 6.07) is 6.45. The van der Waals surface area contributed by atoms with Crippen molar-refractivity contribution >= 4 is 11.6 Å². The zero-order valence-corrected chi connectivity index (χ0v) is 10.3. The molecule has 0 aliphatic heterocycles. The van der Waals surface area contributed by atoms with Crippen molar-refractivity contribution < 1.29 is 26.7 Å². The van der Waals surface area contributed by atoms with Crippen LogP contribution in [-0.4, -0.2) is 5.91 Å². The molecular formula is C14H8F5NO. The van der Waals surface area contributed by atoms with E-state index < -0.39 is 40.5 Å². The lowest BCUT2D eigenvalue weighted by atomic mass is 10.1. The van der Waals surface area contributed by atoms with E-state index in [1.165, 1.54) is 12.1 Å². The average molecular weight is 301 g/mol. The van der Waals surface area contributed by atoms with Gasteiger partial charge in [0.15, 0.2) is 0 Å². The molecule has 0 aliphatic rings. The van der Waals surface area contributed by atoms with Crippen LogP contribution in [0.5, 0.6) is 0 Å². The first kappa shape index (κ1) is 15.0. The minimum atomic E-state index is -4.68. The third kappa shape index (κ3) is 3.36. The summed E-state index contributed by atoms with van der Waals surface area (Å²) in [5.74, 6) is -2.94. The van der Waals surface area contributed by atoms with Crippen LogP contribution in [0.4, 0.5) is 27.6 Å². The molecular weight excluding hydrogens is 293 g/mol. The van der Waals surface area contributed by atoms with E-state index in [0.717, 1.165) is 12.1 Å². The first-order valence-electron chi connectivity index (χ1n) is 5.71. The second-order valence-corrected chi connectivity index (χ2v) is 4.13. The fraction of sp³-hybridized carbons (Fsp3) is 0.0714. The van der Waals surface area contributed by atoms with Crippen molar-refractivity contribution in [1.29, 1.82) is 0 Å². The summed E-state index contributed by atoms with van der Waals surface area (Å²) in [4.78, 5) is 11.7. The third-order valence-corrected chi connectivity index (χ3v) is 2.66. The Labute approximate surface area is 116 Å². The van der Waals surface area contributed by atoms with Crippen LogP contribution in [0, 0.1) is 11.6 Å². The maximum Gasteiger partial charge on any atom is 0.416 e. The minimum Gasteiger partial charge on any atom is -0.319 e. The van der Waals surface area contributed by atoms with Gasteiger partial charge in [0.05, 0.1) is 16.8 Å². The standard InChI is InChI=1S/C14H8F5NO/c15-10-4-2-1-3-9(10)13(21)20-12-7-8(14(17,18)19)5-6-11(12)16/h1-7H,(H,20,21). The van der Waals surface area contributed by atoms with Crippen molar-refractivity contribution in [1.82, 2.24) is 0 Å². The highest BCUT2D eigenvalue weighted by atomic mass is 19.4. The van der Waals surface area contributed by atoms with E-state index in [0.29, 0.717) is 18.2 Å². The Balaban J connectivity index is 2.31. The third-order valence-electron chi connectivity index (χ3n) is 2.66. The highest BCUT2D eigenvalue weighted by Crippen LogP contribution is 2.31. The molecule has 0 aromatic heterocycles. The first-order chi connectivity index (χ1) is 9.79. The molecule has 0 atom stereocenters. The number of hydrogen-bond donors (Lipinski definition) is 1. The summed E-state index contributed by atoms with van der Waals surface area (Å²) in [6.45, 7) is 0. The molecule has 0 spiro atoms.